The van der Waals surface area contributed by atoms with Crippen LogP contribution in [0.4, 0.5) is 4.39 Å². The second-order valence-electron chi connectivity index (χ2n) is 9.24. The number of hydrogen-bond donors (Lipinski definition) is 1. The van der Waals surface area contributed by atoms with Crippen molar-refractivity contribution in [3.05, 3.63) is 53.1 Å². The van der Waals surface area contributed by atoms with Gasteiger partial charge in [-0.15, -0.1) is 0 Å². The number of ketones is 1. The Hall–Kier alpha value is -2.96. The largest absolute Gasteiger partial charge is 0.503 e. The number of Topliss-reactive ketones (excluding diaryl/α,β-unsaturated/α-hetero) is 1. The molecule has 0 spiro atoms. The molecule has 0 bridgehead atoms. The number of carbonyl (C=O) groups excluding carboxylic acids is 2. The van der Waals surface area contributed by atoms with Crippen LogP contribution in [0.25, 0.3) is 0 Å². The summed E-state index contributed by atoms with van der Waals surface area (Å²) < 4.78 is 24.6. The molecular formula is C27H36FNO5. The third kappa shape index (κ3) is 6.33. The molecule has 1 heterocycles. The average Bonchev–Trinajstić information content (AvgIpc) is 2.78. The maximum atomic E-state index is 13.6. The Morgan fingerprint density at radius 2 is 1.82 bits per heavy atom. The molecule has 0 radical (unpaired) electrons. The van der Waals surface area contributed by atoms with E-state index in [1.165, 1.54) is 31.5 Å². The predicted octanol–water partition coefficient (Wildman–Crippen LogP) is 5.85. The minimum atomic E-state index is -0.700. The SMILES string of the molecule is CC[C@H](C)[C@H](CC(=O)c1nccc(OC)c1O)C(=O)O[C@@H](C)[C@H](c1ccc(F)cc1C)C(C)C. The Morgan fingerprint density at radius 3 is 2.38 bits per heavy atom. The van der Waals surface area contributed by atoms with Gasteiger partial charge in [0.05, 0.1) is 13.0 Å². The first-order chi connectivity index (χ1) is 16.0. The topological polar surface area (TPSA) is 85.7 Å². The third-order valence-electron chi connectivity index (χ3n) is 6.53. The third-order valence-corrected chi connectivity index (χ3v) is 6.53. The van der Waals surface area contributed by atoms with Crippen LogP contribution < -0.4 is 4.74 Å². The van der Waals surface area contributed by atoms with Crippen molar-refractivity contribution in [1.29, 1.82) is 0 Å². The molecule has 1 aromatic heterocycles. The zero-order valence-electron chi connectivity index (χ0n) is 21.1. The van der Waals surface area contributed by atoms with Crippen molar-refractivity contribution < 1.29 is 28.6 Å². The highest BCUT2D eigenvalue weighted by atomic mass is 19.1. The summed E-state index contributed by atoms with van der Waals surface area (Å²) in [7, 11) is 1.39. The van der Waals surface area contributed by atoms with Crippen molar-refractivity contribution in [2.45, 2.75) is 66.4 Å². The molecule has 34 heavy (non-hydrogen) atoms. The molecule has 6 nitrogen and oxygen atoms in total. The number of hydrogen-bond acceptors (Lipinski definition) is 6. The van der Waals surface area contributed by atoms with Crippen LogP contribution >= 0.6 is 0 Å². The predicted molar refractivity (Wildman–Crippen MR) is 129 cm³/mol. The summed E-state index contributed by atoms with van der Waals surface area (Å²) in [6.45, 7) is 11.6. The fraction of sp³-hybridized carbons (Fsp3) is 0.519. The van der Waals surface area contributed by atoms with Crippen molar-refractivity contribution in [2.24, 2.45) is 17.8 Å². The van der Waals surface area contributed by atoms with E-state index in [0.29, 0.717) is 6.42 Å². The molecule has 2 rings (SSSR count). The fourth-order valence-electron chi connectivity index (χ4n) is 4.41. The van der Waals surface area contributed by atoms with Gasteiger partial charge >= 0.3 is 5.97 Å². The lowest BCUT2D eigenvalue weighted by Gasteiger charge is -2.31. The number of aromatic nitrogens is 1. The molecule has 0 fully saturated rings. The summed E-state index contributed by atoms with van der Waals surface area (Å²) in [6, 6.07) is 6.10. The van der Waals surface area contributed by atoms with E-state index in [9.17, 15) is 19.1 Å². The number of aromatic hydroxyl groups is 1. The van der Waals surface area contributed by atoms with Crippen molar-refractivity contribution in [3.8, 4) is 11.5 Å². The highest BCUT2D eigenvalue weighted by Crippen LogP contribution is 2.34. The lowest BCUT2D eigenvalue weighted by atomic mass is 9.82. The van der Waals surface area contributed by atoms with Crippen LogP contribution in [0.15, 0.2) is 30.5 Å². The van der Waals surface area contributed by atoms with E-state index in [2.05, 4.69) is 4.98 Å². The zero-order valence-corrected chi connectivity index (χ0v) is 21.1. The van der Waals surface area contributed by atoms with Crippen LogP contribution in [-0.2, 0) is 9.53 Å². The molecule has 1 aromatic carbocycles. The number of rotatable bonds is 11. The van der Waals surface area contributed by atoms with Crippen molar-refractivity contribution in [2.75, 3.05) is 7.11 Å². The molecule has 0 amide bonds. The molecule has 1 N–H and O–H groups in total. The quantitative estimate of drug-likeness (QED) is 0.325. The van der Waals surface area contributed by atoms with Gasteiger partial charge in [0.15, 0.2) is 23.0 Å². The monoisotopic (exact) mass is 473 g/mol. The van der Waals surface area contributed by atoms with E-state index in [4.69, 9.17) is 9.47 Å². The maximum Gasteiger partial charge on any atom is 0.309 e. The average molecular weight is 474 g/mol. The second kappa shape index (κ2) is 12.0. The minimum Gasteiger partial charge on any atom is -0.503 e. The van der Waals surface area contributed by atoms with Gasteiger partial charge < -0.3 is 14.6 Å². The van der Waals surface area contributed by atoms with Gasteiger partial charge in [-0.05, 0) is 48.9 Å². The Balaban J connectivity index is 2.26. The summed E-state index contributed by atoms with van der Waals surface area (Å²) >= 11 is 0. The molecule has 186 valence electrons. The maximum absolute atomic E-state index is 13.6. The summed E-state index contributed by atoms with van der Waals surface area (Å²) in [4.78, 5) is 30.2. The molecule has 4 atom stereocenters. The summed E-state index contributed by atoms with van der Waals surface area (Å²) in [5, 5.41) is 10.3. The van der Waals surface area contributed by atoms with Gasteiger partial charge in [0.1, 0.15) is 11.9 Å². The number of esters is 1. The minimum absolute atomic E-state index is 0.124. The van der Waals surface area contributed by atoms with Gasteiger partial charge in [-0.2, -0.15) is 0 Å². The van der Waals surface area contributed by atoms with E-state index in [-0.39, 0.29) is 47.2 Å². The first kappa shape index (κ1) is 27.3. The van der Waals surface area contributed by atoms with Gasteiger partial charge in [0, 0.05) is 24.6 Å². The van der Waals surface area contributed by atoms with Crippen LogP contribution in [0.3, 0.4) is 0 Å². The van der Waals surface area contributed by atoms with Gasteiger partial charge in [-0.25, -0.2) is 9.37 Å². The Labute approximate surface area is 201 Å². The fourth-order valence-corrected chi connectivity index (χ4v) is 4.41. The number of benzene rings is 1. The van der Waals surface area contributed by atoms with Crippen LogP contribution in [0.2, 0.25) is 0 Å². The first-order valence-corrected chi connectivity index (χ1v) is 11.7. The summed E-state index contributed by atoms with van der Waals surface area (Å²) in [5.74, 6) is -2.26. The number of carbonyl (C=O) groups is 2. The Kier molecular flexibility index (Phi) is 9.59. The highest BCUT2D eigenvalue weighted by Gasteiger charge is 2.34. The van der Waals surface area contributed by atoms with Gasteiger partial charge in [-0.3, -0.25) is 9.59 Å². The van der Waals surface area contributed by atoms with Crippen molar-refractivity contribution in [3.63, 3.8) is 0 Å². The lowest BCUT2D eigenvalue weighted by Crippen LogP contribution is -2.33. The lowest BCUT2D eigenvalue weighted by molar-refractivity contribution is -0.156. The molecule has 7 heteroatoms. The standard InChI is InChI=1S/C27H36FNO5/c1-8-16(4)21(14-22(30)25-26(31)23(33-7)11-12-29-25)27(32)34-18(6)24(15(2)3)20-10-9-19(28)13-17(20)5/h9-13,15-16,18,21,24,31H,8,14H2,1-7H3/t16-,18-,21-,24+/m0/s1. The number of pyridine rings is 1. The molecular weight excluding hydrogens is 437 g/mol. The number of methoxy groups -OCH3 is 1. The molecule has 0 unspecified atom stereocenters. The van der Waals surface area contributed by atoms with Crippen molar-refractivity contribution >= 4 is 11.8 Å². The summed E-state index contributed by atoms with van der Waals surface area (Å²) in [5.41, 5.74) is 1.60. The van der Waals surface area contributed by atoms with E-state index in [1.54, 1.807) is 6.07 Å². The molecule has 0 saturated carbocycles. The Morgan fingerprint density at radius 1 is 1.15 bits per heavy atom. The van der Waals surface area contributed by atoms with Crippen LogP contribution in [0, 0.1) is 30.5 Å². The molecule has 0 aliphatic carbocycles. The number of aryl methyl sites for hydroxylation is 1. The number of nitrogens with zero attached hydrogens (tertiary/aromatic N) is 1. The zero-order chi connectivity index (χ0) is 25.6. The van der Waals surface area contributed by atoms with E-state index >= 15 is 0 Å². The molecule has 0 aliphatic rings. The van der Waals surface area contributed by atoms with E-state index in [1.807, 2.05) is 41.5 Å². The molecule has 0 aliphatic heterocycles. The van der Waals surface area contributed by atoms with Crippen LogP contribution in [0.1, 0.15) is 75.0 Å². The molecule has 0 saturated heterocycles. The van der Waals surface area contributed by atoms with E-state index in [0.717, 1.165) is 11.1 Å². The Bertz CT molecular complexity index is 1010. The molecule has 2 aromatic rings. The van der Waals surface area contributed by atoms with Crippen molar-refractivity contribution in [1.82, 2.24) is 4.98 Å². The second-order valence-corrected chi connectivity index (χ2v) is 9.24. The normalized spacial score (nSPS) is 14.9. The van der Waals surface area contributed by atoms with E-state index < -0.39 is 23.8 Å². The number of ether oxygens (including phenoxy) is 2. The van der Waals surface area contributed by atoms with Crippen LogP contribution in [-0.4, -0.2) is 35.1 Å². The van der Waals surface area contributed by atoms with Gasteiger partial charge in [0.25, 0.3) is 0 Å². The summed E-state index contributed by atoms with van der Waals surface area (Å²) in [6.07, 6.45) is 1.42. The smallest absolute Gasteiger partial charge is 0.309 e. The van der Waals surface area contributed by atoms with Gasteiger partial charge in [-0.1, -0.05) is 40.2 Å². The number of halogens is 1. The first-order valence-electron chi connectivity index (χ1n) is 11.7. The van der Waals surface area contributed by atoms with Crippen LogP contribution in [0.5, 0.6) is 11.5 Å². The highest BCUT2D eigenvalue weighted by molar-refractivity contribution is 5.99. The van der Waals surface area contributed by atoms with Gasteiger partial charge in [0.2, 0.25) is 0 Å².